The Balaban J connectivity index is 0.871. The quantitative estimate of drug-likeness (QED) is 0.150. The highest BCUT2D eigenvalue weighted by molar-refractivity contribution is 6.12. The number of fused-ring (bicyclic) bond motifs is 15. The second kappa shape index (κ2) is 14.0. The largest absolute Gasteiger partial charge is 0.438 e. The van der Waals surface area contributed by atoms with Gasteiger partial charge in [0.25, 0.3) is 0 Å². The van der Waals surface area contributed by atoms with Gasteiger partial charge in [-0.1, -0.05) is 24.3 Å². The van der Waals surface area contributed by atoms with Gasteiger partial charge in [-0.15, -0.1) is 0 Å². The fourth-order valence-corrected chi connectivity index (χ4v) is 10.2. The van der Waals surface area contributed by atoms with E-state index in [9.17, 15) is 0 Å². The number of furan rings is 4. The van der Waals surface area contributed by atoms with Gasteiger partial charge < -0.3 is 27.5 Å². The minimum Gasteiger partial charge on any atom is -0.438 e. The standard InChI is InChI=1S/C58H32N6O4/c1-5-47-43-19-13-37(29-51(43)65-55(47)59-23-1)63(38-14-20-44-48-6-2-24-60-56(48)66-52(44)30-38)35-11-17-41-33(27-35)9-10-34-28-36(12-18-42(34)41)64(39-15-21-45-49-7-3-25-61-57(49)67-53(45)31-39)40-16-22-46-50-8-4-26-62-58(50)68-54(46)32-40/h1-32H. The molecule has 0 atom stereocenters. The average Bonchev–Trinajstić information content (AvgIpc) is 4.16. The summed E-state index contributed by atoms with van der Waals surface area (Å²) in [5, 5.41) is 12.4. The zero-order valence-electron chi connectivity index (χ0n) is 35.8. The van der Waals surface area contributed by atoms with Gasteiger partial charge in [0.15, 0.2) is 0 Å². The maximum Gasteiger partial charge on any atom is 0.227 e. The van der Waals surface area contributed by atoms with Crippen molar-refractivity contribution in [3.8, 4) is 0 Å². The maximum absolute atomic E-state index is 6.31. The molecule has 0 N–H and O–H groups in total. The second-order valence-corrected chi connectivity index (χ2v) is 17.1. The van der Waals surface area contributed by atoms with Crippen LogP contribution in [0.4, 0.5) is 34.1 Å². The van der Waals surface area contributed by atoms with Crippen LogP contribution in [0.2, 0.25) is 0 Å². The lowest BCUT2D eigenvalue weighted by atomic mass is 9.99. The Bertz CT molecular complexity index is 4050. The molecule has 15 rings (SSSR count). The van der Waals surface area contributed by atoms with E-state index in [1.807, 2.05) is 48.5 Å². The summed E-state index contributed by atoms with van der Waals surface area (Å²) in [6.07, 6.45) is 7.03. The van der Waals surface area contributed by atoms with E-state index in [0.29, 0.717) is 22.9 Å². The number of aromatic nitrogens is 4. The Morgan fingerprint density at radius 1 is 0.250 bits per heavy atom. The summed E-state index contributed by atoms with van der Waals surface area (Å²) >= 11 is 0. The molecular weight excluding hydrogens is 845 g/mol. The van der Waals surface area contributed by atoms with Crippen molar-refractivity contribution >= 4 is 144 Å². The molecule has 68 heavy (non-hydrogen) atoms. The Kier molecular flexibility index (Phi) is 7.56. The fourth-order valence-electron chi connectivity index (χ4n) is 10.2. The second-order valence-electron chi connectivity index (χ2n) is 17.1. The molecule has 0 spiro atoms. The normalized spacial score (nSPS) is 12.1. The summed E-state index contributed by atoms with van der Waals surface area (Å²) in [7, 11) is 0. The van der Waals surface area contributed by atoms with Crippen molar-refractivity contribution in [2.75, 3.05) is 9.80 Å². The van der Waals surface area contributed by atoms with E-state index >= 15 is 0 Å². The summed E-state index contributed by atoms with van der Waals surface area (Å²) in [4.78, 5) is 22.5. The lowest BCUT2D eigenvalue weighted by Crippen LogP contribution is -2.10. The van der Waals surface area contributed by atoms with E-state index in [4.69, 9.17) is 17.7 Å². The molecule has 0 bridgehead atoms. The Hall–Kier alpha value is -9.54. The third-order valence-corrected chi connectivity index (χ3v) is 13.3. The minimum absolute atomic E-state index is 0.612. The van der Waals surface area contributed by atoms with E-state index < -0.39 is 0 Å². The Labute approximate surface area is 384 Å². The van der Waals surface area contributed by atoms with Crippen LogP contribution in [0, 0.1) is 0 Å². The summed E-state index contributed by atoms with van der Waals surface area (Å²) in [6, 6.07) is 59.0. The van der Waals surface area contributed by atoms with Gasteiger partial charge in [0.2, 0.25) is 22.9 Å². The van der Waals surface area contributed by atoms with Gasteiger partial charge in [0, 0.05) is 126 Å². The molecule has 7 aromatic carbocycles. The number of anilines is 6. The first-order valence-electron chi connectivity index (χ1n) is 22.3. The van der Waals surface area contributed by atoms with Crippen LogP contribution in [-0.2, 0) is 0 Å². The first-order valence-corrected chi connectivity index (χ1v) is 22.3. The highest BCUT2D eigenvalue weighted by Crippen LogP contribution is 2.44. The molecule has 0 unspecified atom stereocenters. The molecule has 10 heteroatoms. The zero-order valence-corrected chi connectivity index (χ0v) is 35.8. The van der Waals surface area contributed by atoms with Crippen LogP contribution in [0.1, 0.15) is 0 Å². The monoisotopic (exact) mass is 876 g/mol. The van der Waals surface area contributed by atoms with Crippen LogP contribution >= 0.6 is 0 Å². The Morgan fingerprint density at radius 2 is 0.515 bits per heavy atom. The van der Waals surface area contributed by atoms with Crippen molar-refractivity contribution in [1.82, 2.24) is 19.9 Å². The molecule has 0 saturated carbocycles. The number of benzene rings is 7. The maximum atomic E-state index is 6.31. The number of hydrogen-bond donors (Lipinski definition) is 0. The molecule has 0 radical (unpaired) electrons. The molecule has 8 heterocycles. The molecule has 0 aliphatic heterocycles. The van der Waals surface area contributed by atoms with Crippen molar-refractivity contribution in [2.45, 2.75) is 0 Å². The van der Waals surface area contributed by atoms with E-state index in [1.165, 1.54) is 0 Å². The fraction of sp³-hybridized carbons (Fsp3) is 0. The van der Waals surface area contributed by atoms with Gasteiger partial charge >= 0.3 is 0 Å². The van der Waals surface area contributed by atoms with Crippen LogP contribution in [-0.4, -0.2) is 19.9 Å². The molecule has 8 aromatic heterocycles. The third-order valence-electron chi connectivity index (χ3n) is 13.3. The van der Waals surface area contributed by atoms with E-state index in [-0.39, 0.29) is 0 Å². The van der Waals surface area contributed by atoms with Crippen molar-refractivity contribution in [3.05, 3.63) is 195 Å². The molecule has 0 saturated heterocycles. The molecule has 0 aliphatic carbocycles. The lowest BCUT2D eigenvalue weighted by Gasteiger charge is -2.26. The minimum atomic E-state index is 0.612. The molecule has 318 valence electrons. The topological polar surface area (TPSA) is 111 Å². The predicted molar refractivity (Wildman–Crippen MR) is 271 cm³/mol. The lowest BCUT2D eigenvalue weighted by molar-refractivity contribution is 0.653. The van der Waals surface area contributed by atoms with Gasteiger partial charge in [0.05, 0.1) is 0 Å². The van der Waals surface area contributed by atoms with Gasteiger partial charge in [-0.2, -0.15) is 0 Å². The van der Waals surface area contributed by atoms with Crippen LogP contribution < -0.4 is 9.80 Å². The molecule has 0 amide bonds. The van der Waals surface area contributed by atoms with Gasteiger partial charge in [0.1, 0.15) is 22.3 Å². The average molecular weight is 877 g/mol. The highest BCUT2D eigenvalue weighted by atomic mass is 16.4. The molecule has 10 nitrogen and oxygen atoms in total. The summed E-state index contributed by atoms with van der Waals surface area (Å²) in [6.45, 7) is 0. The van der Waals surface area contributed by atoms with Crippen molar-refractivity contribution < 1.29 is 17.7 Å². The van der Waals surface area contributed by atoms with Crippen LogP contribution in [0.15, 0.2) is 212 Å². The van der Waals surface area contributed by atoms with Gasteiger partial charge in [-0.05, 0) is 143 Å². The van der Waals surface area contributed by atoms with Gasteiger partial charge in [-0.25, -0.2) is 19.9 Å². The summed E-state index contributed by atoms with van der Waals surface area (Å²) in [5.74, 6) is 0. The van der Waals surface area contributed by atoms with Crippen LogP contribution in [0.25, 0.3) is 110 Å². The molecule has 0 fully saturated rings. The van der Waals surface area contributed by atoms with E-state index in [2.05, 4.69) is 151 Å². The number of nitrogens with zero attached hydrogens (tertiary/aromatic N) is 6. The van der Waals surface area contributed by atoms with E-state index in [0.717, 1.165) is 121 Å². The highest BCUT2D eigenvalue weighted by Gasteiger charge is 2.21. The third kappa shape index (κ3) is 5.51. The van der Waals surface area contributed by atoms with Crippen molar-refractivity contribution in [2.24, 2.45) is 0 Å². The zero-order chi connectivity index (χ0) is 44.5. The summed E-state index contributed by atoms with van der Waals surface area (Å²) in [5.41, 5.74) is 11.2. The summed E-state index contributed by atoms with van der Waals surface area (Å²) < 4.78 is 25.2. The first-order chi connectivity index (χ1) is 33.6. The Morgan fingerprint density at radius 3 is 0.809 bits per heavy atom. The number of pyridine rings is 4. The van der Waals surface area contributed by atoms with Crippen molar-refractivity contribution in [1.29, 1.82) is 0 Å². The van der Waals surface area contributed by atoms with Crippen molar-refractivity contribution in [3.63, 3.8) is 0 Å². The number of hydrogen-bond acceptors (Lipinski definition) is 10. The van der Waals surface area contributed by atoms with Crippen LogP contribution in [0.5, 0.6) is 0 Å². The first kappa shape index (κ1) is 36.8. The SMILES string of the molecule is c1cnc2oc3cc(N(c4ccc5c(ccc6cc(N(c7ccc8c(c7)oc7ncccc78)c7ccc8c(c7)oc7ncccc78)ccc65)c4)c4ccc5c(c4)oc4ncccc45)ccc3c2c1. The number of rotatable bonds is 6. The van der Waals surface area contributed by atoms with E-state index in [1.54, 1.807) is 24.8 Å². The van der Waals surface area contributed by atoms with Gasteiger partial charge in [-0.3, -0.25) is 0 Å². The molecule has 15 aromatic rings. The predicted octanol–water partition coefficient (Wildman–Crippen LogP) is 16.1. The van der Waals surface area contributed by atoms with Crippen LogP contribution in [0.3, 0.4) is 0 Å². The smallest absolute Gasteiger partial charge is 0.227 e. The molecular formula is C58H32N6O4. The molecule has 0 aliphatic rings.